The Balaban J connectivity index is 1.67. The lowest BCUT2D eigenvalue weighted by Crippen LogP contribution is -2.29. The molecule has 1 fully saturated rings. The Labute approximate surface area is 217 Å². The van der Waals surface area contributed by atoms with Gasteiger partial charge in [-0.1, -0.05) is 23.5 Å². The number of nitrogens with zero attached hydrogens (tertiary/aromatic N) is 2. The second-order valence-corrected chi connectivity index (χ2v) is 9.24. The van der Waals surface area contributed by atoms with E-state index in [2.05, 4.69) is 4.98 Å². The largest absolute Gasteiger partial charge is 0.507 e. The molecule has 1 aliphatic rings. The van der Waals surface area contributed by atoms with Crippen molar-refractivity contribution in [3.8, 4) is 17.2 Å². The molecule has 0 radical (unpaired) electrons. The molecule has 9 heteroatoms. The normalized spacial score (nSPS) is 16.8. The van der Waals surface area contributed by atoms with Crippen molar-refractivity contribution in [3.05, 3.63) is 83.4 Å². The third kappa shape index (κ3) is 4.38. The number of aliphatic hydroxyl groups excluding tert-OH is 1. The van der Waals surface area contributed by atoms with Gasteiger partial charge in [-0.3, -0.25) is 14.5 Å². The average Bonchev–Trinajstić information content (AvgIpc) is 3.46. The summed E-state index contributed by atoms with van der Waals surface area (Å²) in [5.74, 6) is 0.0956. The van der Waals surface area contributed by atoms with Gasteiger partial charge in [-0.05, 0) is 67.1 Å². The van der Waals surface area contributed by atoms with Crippen molar-refractivity contribution < 1.29 is 28.9 Å². The predicted octanol–water partition coefficient (Wildman–Crippen LogP) is 5.34. The molecule has 188 valence electrons. The zero-order valence-electron chi connectivity index (χ0n) is 20.4. The number of aliphatic hydroxyl groups is 1. The highest BCUT2D eigenvalue weighted by Gasteiger charge is 2.48. The summed E-state index contributed by atoms with van der Waals surface area (Å²) in [5, 5.41) is 11.7. The molecule has 1 saturated heterocycles. The Bertz CT molecular complexity index is 1510. The molecule has 2 heterocycles. The third-order valence-corrected chi connectivity index (χ3v) is 7.12. The minimum Gasteiger partial charge on any atom is -0.507 e. The number of aromatic nitrogens is 1. The molecule has 0 aliphatic carbocycles. The summed E-state index contributed by atoms with van der Waals surface area (Å²) in [7, 11) is 3.13. The minimum atomic E-state index is -0.889. The summed E-state index contributed by atoms with van der Waals surface area (Å²) in [6.07, 6.45) is 0. The van der Waals surface area contributed by atoms with Crippen LogP contribution in [0.1, 0.15) is 24.1 Å². The van der Waals surface area contributed by atoms with Crippen LogP contribution in [0.3, 0.4) is 0 Å². The number of hydrogen-bond donors (Lipinski definition) is 1. The monoisotopic (exact) mass is 516 g/mol. The predicted molar refractivity (Wildman–Crippen MR) is 142 cm³/mol. The van der Waals surface area contributed by atoms with Gasteiger partial charge in [0.05, 0.1) is 42.7 Å². The molecular weight excluding hydrogens is 492 g/mol. The summed E-state index contributed by atoms with van der Waals surface area (Å²) < 4.78 is 16.9. The molecule has 1 aliphatic heterocycles. The van der Waals surface area contributed by atoms with Crippen molar-refractivity contribution in [3.63, 3.8) is 0 Å². The molecule has 0 spiro atoms. The fourth-order valence-electron chi connectivity index (χ4n) is 4.29. The number of Topliss-reactive ketones (excluding diaryl/α,β-unsaturated/α-hetero) is 1. The summed E-state index contributed by atoms with van der Waals surface area (Å²) in [6, 6.07) is 18.3. The number of fused-ring (bicyclic) bond motifs is 1. The summed E-state index contributed by atoms with van der Waals surface area (Å²) in [6.45, 7) is 2.38. The van der Waals surface area contributed by atoms with Gasteiger partial charge in [-0.15, -0.1) is 0 Å². The van der Waals surface area contributed by atoms with Crippen LogP contribution in [0.2, 0.25) is 0 Å². The first-order valence-electron chi connectivity index (χ1n) is 11.6. The number of benzene rings is 3. The number of hydrogen-bond acceptors (Lipinski definition) is 8. The van der Waals surface area contributed by atoms with E-state index >= 15 is 0 Å². The molecule has 4 aromatic rings. The van der Waals surface area contributed by atoms with Gasteiger partial charge in [0.25, 0.3) is 5.78 Å². The van der Waals surface area contributed by atoms with E-state index in [-0.39, 0.29) is 11.3 Å². The van der Waals surface area contributed by atoms with E-state index in [0.29, 0.717) is 45.6 Å². The third-order valence-electron chi connectivity index (χ3n) is 6.11. The molecule has 0 saturated carbocycles. The van der Waals surface area contributed by atoms with Gasteiger partial charge in [-0.25, -0.2) is 4.98 Å². The standard InChI is InChI=1S/C28H24N2O6S/c1-4-36-19-11-7-17(8-12-19)25(31)23-24(16-5-9-18(34-2)10-6-16)30(27(33)26(23)32)28-29-21-14-13-20(35-3)15-22(21)37-28/h5-15,24,31H,4H2,1-3H3/b25-23+. The van der Waals surface area contributed by atoms with E-state index in [9.17, 15) is 14.7 Å². The fourth-order valence-corrected chi connectivity index (χ4v) is 5.31. The van der Waals surface area contributed by atoms with Crippen LogP contribution in [0, 0.1) is 0 Å². The molecule has 1 atom stereocenters. The smallest absolute Gasteiger partial charge is 0.301 e. The van der Waals surface area contributed by atoms with Crippen LogP contribution < -0.4 is 19.1 Å². The Kier molecular flexibility index (Phi) is 6.54. The van der Waals surface area contributed by atoms with E-state index in [0.717, 1.165) is 4.70 Å². The van der Waals surface area contributed by atoms with Gasteiger partial charge in [0.15, 0.2) is 5.13 Å². The van der Waals surface area contributed by atoms with Crippen molar-refractivity contribution in [1.29, 1.82) is 0 Å². The van der Waals surface area contributed by atoms with Gasteiger partial charge >= 0.3 is 5.91 Å². The molecular formula is C28H24N2O6S. The van der Waals surface area contributed by atoms with Gasteiger partial charge in [-0.2, -0.15) is 0 Å². The van der Waals surface area contributed by atoms with Gasteiger partial charge in [0, 0.05) is 5.56 Å². The Hall–Kier alpha value is -4.37. The van der Waals surface area contributed by atoms with Crippen molar-refractivity contribution >= 4 is 44.1 Å². The molecule has 1 unspecified atom stereocenters. The van der Waals surface area contributed by atoms with Crippen molar-refractivity contribution in [2.45, 2.75) is 13.0 Å². The van der Waals surface area contributed by atoms with Crippen molar-refractivity contribution in [1.82, 2.24) is 4.98 Å². The maximum absolute atomic E-state index is 13.4. The van der Waals surface area contributed by atoms with E-state index in [4.69, 9.17) is 14.2 Å². The molecule has 1 aromatic heterocycles. The number of carbonyl (C=O) groups is 2. The van der Waals surface area contributed by atoms with Crippen LogP contribution in [0.4, 0.5) is 5.13 Å². The highest BCUT2D eigenvalue weighted by atomic mass is 32.1. The summed E-state index contributed by atoms with van der Waals surface area (Å²) in [4.78, 5) is 32.8. The van der Waals surface area contributed by atoms with Crippen LogP contribution in [-0.4, -0.2) is 42.6 Å². The van der Waals surface area contributed by atoms with Crippen LogP contribution in [0.25, 0.3) is 16.0 Å². The van der Waals surface area contributed by atoms with Crippen molar-refractivity contribution in [2.24, 2.45) is 0 Å². The van der Waals surface area contributed by atoms with Gasteiger partial charge in [0.1, 0.15) is 23.0 Å². The van der Waals surface area contributed by atoms with Gasteiger partial charge < -0.3 is 19.3 Å². The Morgan fingerprint density at radius 3 is 2.24 bits per heavy atom. The Morgan fingerprint density at radius 2 is 1.59 bits per heavy atom. The maximum atomic E-state index is 13.4. The number of carbonyl (C=O) groups excluding carboxylic acids is 2. The van der Waals surface area contributed by atoms with Crippen LogP contribution >= 0.6 is 11.3 Å². The van der Waals surface area contributed by atoms with Gasteiger partial charge in [0.2, 0.25) is 0 Å². The second kappa shape index (κ2) is 9.94. The topological polar surface area (TPSA) is 98.2 Å². The number of anilines is 1. The first-order chi connectivity index (χ1) is 17.9. The number of ether oxygens (including phenoxy) is 3. The number of thiazole rings is 1. The lowest BCUT2D eigenvalue weighted by molar-refractivity contribution is -0.132. The molecule has 3 aromatic carbocycles. The maximum Gasteiger partial charge on any atom is 0.301 e. The zero-order chi connectivity index (χ0) is 26.1. The Morgan fingerprint density at radius 1 is 0.946 bits per heavy atom. The summed E-state index contributed by atoms with van der Waals surface area (Å²) >= 11 is 1.27. The second-order valence-electron chi connectivity index (χ2n) is 8.23. The fraction of sp³-hybridized carbons (Fsp3) is 0.179. The molecule has 5 rings (SSSR count). The lowest BCUT2D eigenvalue weighted by Gasteiger charge is -2.23. The van der Waals surface area contributed by atoms with Crippen LogP contribution in [-0.2, 0) is 9.59 Å². The first kappa shape index (κ1) is 24.3. The van der Waals surface area contributed by atoms with E-state index in [1.54, 1.807) is 74.9 Å². The molecule has 1 N–H and O–H groups in total. The molecule has 1 amide bonds. The lowest BCUT2D eigenvalue weighted by atomic mass is 9.95. The van der Waals surface area contributed by atoms with E-state index < -0.39 is 17.7 Å². The zero-order valence-corrected chi connectivity index (χ0v) is 21.2. The number of ketones is 1. The van der Waals surface area contributed by atoms with Crippen molar-refractivity contribution in [2.75, 3.05) is 25.7 Å². The molecule has 37 heavy (non-hydrogen) atoms. The van der Waals surface area contributed by atoms with Crippen LogP contribution in [0.15, 0.2) is 72.3 Å². The SMILES string of the molecule is CCOc1ccc(/C(O)=C2\C(=O)C(=O)N(c3nc4ccc(OC)cc4s3)C2c2ccc(OC)cc2)cc1. The number of methoxy groups -OCH3 is 2. The minimum absolute atomic E-state index is 0.0174. The van der Waals surface area contributed by atoms with Crippen LogP contribution in [0.5, 0.6) is 17.2 Å². The first-order valence-corrected chi connectivity index (χ1v) is 12.4. The number of amides is 1. The van der Waals surface area contributed by atoms with E-state index in [1.165, 1.54) is 16.2 Å². The molecule has 0 bridgehead atoms. The summed E-state index contributed by atoms with van der Waals surface area (Å²) in [5.41, 5.74) is 1.68. The average molecular weight is 517 g/mol. The highest BCUT2D eigenvalue weighted by Crippen LogP contribution is 2.45. The quantitative estimate of drug-likeness (QED) is 0.201. The molecule has 8 nitrogen and oxygen atoms in total. The highest BCUT2D eigenvalue weighted by molar-refractivity contribution is 7.22. The number of rotatable bonds is 7. The van der Waals surface area contributed by atoms with E-state index in [1.807, 2.05) is 13.0 Å².